The molecule has 1 amide bonds. The number of likely N-dealkylation sites (N-methyl/N-ethyl adjacent to an activating group) is 1. The molecule has 0 spiro atoms. The van der Waals surface area contributed by atoms with Crippen LogP contribution in [0.5, 0.6) is 0 Å². The minimum absolute atomic E-state index is 0.158. The number of carbonyl (C=O) groups is 1. The van der Waals surface area contributed by atoms with Crippen molar-refractivity contribution in [2.75, 3.05) is 13.6 Å². The number of carbonyl (C=O) groups excluding carboxylic acids is 1. The molecule has 0 fully saturated rings. The zero-order valence-corrected chi connectivity index (χ0v) is 14.5. The Kier molecular flexibility index (Phi) is 4.70. The highest BCUT2D eigenvalue weighted by molar-refractivity contribution is 5.95. The summed E-state index contributed by atoms with van der Waals surface area (Å²) < 4.78 is 0. The Balaban J connectivity index is 2.01. The second kappa shape index (κ2) is 6.91. The molecule has 0 radical (unpaired) electrons. The monoisotopic (exact) mass is 320 g/mol. The molecule has 1 N–H and O–H groups in total. The van der Waals surface area contributed by atoms with Crippen LogP contribution in [0.15, 0.2) is 54.6 Å². The van der Waals surface area contributed by atoms with Gasteiger partial charge in [-0.25, -0.2) is 0 Å². The van der Waals surface area contributed by atoms with Crippen LogP contribution in [-0.4, -0.2) is 29.4 Å². The molecule has 2 aromatic carbocycles. The van der Waals surface area contributed by atoms with E-state index < -0.39 is 0 Å². The van der Waals surface area contributed by atoms with Crippen LogP contribution < -0.4 is 0 Å². The maximum Gasteiger partial charge on any atom is 0.226 e. The highest BCUT2D eigenvalue weighted by Gasteiger charge is 2.18. The molecule has 24 heavy (non-hydrogen) atoms. The van der Waals surface area contributed by atoms with Crippen molar-refractivity contribution in [2.24, 2.45) is 5.92 Å². The van der Waals surface area contributed by atoms with E-state index in [0.717, 1.165) is 34.3 Å². The number of amides is 1. The van der Waals surface area contributed by atoms with Gasteiger partial charge in [-0.1, -0.05) is 62.4 Å². The highest BCUT2D eigenvalue weighted by Crippen LogP contribution is 2.30. The Morgan fingerprint density at radius 2 is 1.71 bits per heavy atom. The Morgan fingerprint density at radius 1 is 1.04 bits per heavy atom. The molecule has 124 valence electrons. The first-order valence-corrected chi connectivity index (χ1v) is 8.45. The van der Waals surface area contributed by atoms with Crippen molar-refractivity contribution in [2.45, 2.75) is 20.3 Å². The topological polar surface area (TPSA) is 36.1 Å². The van der Waals surface area contributed by atoms with Gasteiger partial charge in [0.2, 0.25) is 5.91 Å². The molecule has 0 atom stereocenters. The minimum Gasteiger partial charge on any atom is -0.354 e. The summed E-state index contributed by atoms with van der Waals surface area (Å²) >= 11 is 0. The SMILES string of the molecule is CC(C)CN(C)C(=O)Cc1c(-c2ccccc2)[nH]c2ccccc12. The van der Waals surface area contributed by atoms with Crippen molar-refractivity contribution in [1.29, 1.82) is 0 Å². The number of aromatic nitrogens is 1. The lowest BCUT2D eigenvalue weighted by Crippen LogP contribution is -2.31. The van der Waals surface area contributed by atoms with Crippen molar-refractivity contribution in [3.63, 3.8) is 0 Å². The minimum atomic E-state index is 0.158. The molecule has 0 bridgehead atoms. The third-order valence-corrected chi connectivity index (χ3v) is 4.27. The Bertz CT molecular complexity index is 833. The Hall–Kier alpha value is -2.55. The number of para-hydroxylation sites is 1. The quantitative estimate of drug-likeness (QED) is 0.738. The molecular formula is C21H24N2O. The van der Waals surface area contributed by atoms with Gasteiger partial charge in [0.15, 0.2) is 0 Å². The van der Waals surface area contributed by atoms with Crippen LogP contribution in [0.3, 0.4) is 0 Å². The van der Waals surface area contributed by atoms with Crippen molar-refractivity contribution in [1.82, 2.24) is 9.88 Å². The number of rotatable bonds is 5. The van der Waals surface area contributed by atoms with E-state index >= 15 is 0 Å². The zero-order chi connectivity index (χ0) is 17.1. The summed E-state index contributed by atoms with van der Waals surface area (Å²) in [7, 11) is 1.89. The molecule has 3 rings (SSSR count). The summed E-state index contributed by atoms with van der Waals surface area (Å²) in [6.07, 6.45) is 0.414. The van der Waals surface area contributed by atoms with E-state index in [4.69, 9.17) is 0 Å². The van der Waals surface area contributed by atoms with Crippen molar-refractivity contribution >= 4 is 16.8 Å². The van der Waals surface area contributed by atoms with Crippen molar-refractivity contribution < 1.29 is 4.79 Å². The van der Waals surface area contributed by atoms with Gasteiger partial charge in [-0.3, -0.25) is 4.79 Å². The number of hydrogen-bond acceptors (Lipinski definition) is 1. The van der Waals surface area contributed by atoms with E-state index in [1.165, 1.54) is 0 Å². The number of H-pyrrole nitrogens is 1. The molecule has 0 aliphatic rings. The predicted octanol–water partition coefficient (Wildman–Crippen LogP) is 4.49. The Labute approximate surface area is 143 Å². The van der Waals surface area contributed by atoms with Gasteiger partial charge in [-0.05, 0) is 23.1 Å². The van der Waals surface area contributed by atoms with E-state index in [1.54, 1.807) is 0 Å². The summed E-state index contributed by atoms with van der Waals surface area (Å²) in [5.74, 6) is 0.626. The van der Waals surface area contributed by atoms with E-state index in [1.807, 2.05) is 42.3 Å². The average molecular weight is 320 g/mol. The first kappa shape index (κ1) is 16.3. The molecule has 3 nitrogen and oxygen atoms in total. The van der Waals surface area contributed by atoms with Crippen LogP contribution in [0, 0.1) is 5.92 Å². The molecule has 0 saturated heterocycles. The summed E-state index contributed by atoms with van der Waals surface area (Å²) in [6.45, 7) is 5.04. The number of nitrogens with one attached hydrogen (secondary N) is 1. The molecule has 0 aliphatic heterocycles. The molecule has 0 saturated carbocycles. The van der Waals surface area contributed by atoms with Gasteiger partial charge in [0.05, 0.1) is 12.1 Å². The molecule has 0 unspecified atom stereocenters. The van der Waals surface area contributed by atoms with Gasteiger partial charge >= 0.3 is 0 Å². The van der Waals surface area contributed by atoms with E-state index in [9.17, 15) is 4.79 Å². The highest BCUT2D eigenvalue weighted by atomic mass is 16.2. The van der Waals surface area contributed by atoms with Crippen molar-refractivity contribution in [3.05, 3.63) is 60.2 Å². The molecule has 0 aliphatic carbocycles. The van der Waals surface area contributed by atoms with E-state index in [-0.39, 0.29) is 5.91 Å². The molecular weight excluding hydrogens is 296 g/mol. The number of fused-ring (bicyclic) bond motifs is 1. The maximum atomic E-state index is 12.7. The van der Waals surface area contributed by atoms with Crippen molar-refractivity contribution in [3.8, 4) is 11.3 Å². The second-order valence-electron chi connectivity index (χ2n) is 6.74. The number of aromatic amines is 1. The fraction of sp³-hybridized carbons (Fsp3) is 0.286. The molecule has 3 aromatic rings. The number of nitrogens with zero attached hydrogens (tertiary/aromatic N) is 1. The number of hydrogen-bond donors (Lipinski definition) is 1. The van der Waals surface area contributed by atoms with Crippen LogP contribution in [0.4, 0.5) is 0 Å². The van der Waals surface area contributed by atoms with Crippen LogP contribution in [-0.2, 0) is 11.2 Å². The van der Waals surface area contributed by atoms with E-state index in [2.05, 4.69) is 43.1 Å². The lowest BCUT2D eigenvalue weighted by Gasteiger charge is -2.19. The molecule has 1 heterocycles. The smallest absolute Gasteiger partial charge is 0.226 e. The zero-order valence-electron chi connectivity index (χ0n) is 14.5. The fourth-order valence-corrected chi connectivity index (χ4v) is 3.17. The third kappa shape index (κ3) is 3.35. The molecule has 1 aromatic heterocycles. The van der Waals surface area contributed by atoms with Gasteiger partial charge in [-0.2, -0.15) is 0 Å². The first-order chi connectivity index (χ1) is 11.6. The lowest BCUT2D eigenvalue weighted by molar-refractivity contribution is -0.129. The van der Waals surface area contributed by atoms with Gasteiger partial charge in [0.25, 0.3) is 0 Å². The van der Waals surface area contributed by atoms with Crippen LogP contribution in [0.2, 0.25) is 0 Å². The normalized spacial score (nSPS) is 11.2. The van der Waals surface area contributed by atoms with Gasteiger partial charge in [0.1, 0.15) is 0 Å². The van der Waals surface area contributed by atoms with Crippen LogP contribution in [0.25, 0.3) is 22.2 Å². The second-order valence-corrected chi connectivity index (χ2v) is 6.74. The average Bonchev–Trinajstić information content (AvgIpc) is 2.94. The summed E-state index contributed by atoms with van der Waals surface area (Å²) in [4.78, 5) is 18.0. The summed E-state index contributed by atoms with van der Waals surface area (Å²) in [5.41, 5.74) is 4.31. The predicted molar refractivity (Wildman–Crippen MR) is 99.9 cm³/mol. The lowest BCUT2D eigenvalue weighted by atomic mass is 10.0. The standard InChI is InChI=1S/C21H24N2O/c1-15(2)14-23(3)20(24)13-18-17-11-7-8-12-19(17)22-21(18)16-9-5-4-6-10-16/h4-12,15,22H,13-14H2,1-3H3. The summed E-state index contributed by atoms with van der Waals surface area (Å²) in [6, 6.07) is 18.4. The fourth-order valence-electron chi connectivity index (χ4n) is 3.17. The van der Waals surface area contributed by atoms with Gasteiger partial charge in [0, 0.05) is 24.5 Å². The number of benzene rings is 2. The largest absolute Gasteiger partial charge is 0.354 e. The Morgan fingerprint density at radius 3 is 2.42 bits per heavy atom. The summed E-state index contributed by atoms with van der Waals surface area (Å²) in [5, 5.41) is 1.13. The maximum absolute atomic E-state index is 12.7. The van der Waals surface area contributed by atoms with Crippen LogP contribution in [0.1, 0.15) is 19.4 Å². The van der Waals surface area contributed by atoms with Crippen LogP contribution >= 0.6 is 0 Å². The van der Waals surface area contributed by atoms with Gasteiger partial charge in [-0.15, -0.1) is 0 Å². The first-order valence-electron chi connectivity index (χ1n) is 8.45. The van der Waals surface area contributed by atoms with Gasteiger partial charge < -0.3 is 9.88 Å². The van der Waals surface area contributed by atoms with E-state index in [0.29, 0.717) is 12.3 Å². The third-order valence-electron chi connectivity index (χ3n) is 4.27. The molecule has 3 heteroatoms.